The molecule has 8 nitrogen and oxygen atoms in total. The van der Waals surface area contributed by atoms with Crippen molar-refractivity contribution < 1.29 is 14.7 Å². The molecule has 0 saturated carbocycles. The van der Waals surface area contributed by atoms with Crippen molar-refractivity contribution in [2.45, 2.75) is 17.9 Å². The van der Waals surface area contributed by atoms with Crippen molar-refractivity contribution in [3.8, 4) is 5.75 Å². The van der Waals surface area contributed by atoms with E-state index in [9.17, 15) is 14.7 Å². The van der Waals surface area contributed by atoms with Gasteiger partial charge in [-0.3, -0.25) is 14.4 Å². The summed E-state index contributed by atoms with van der Waals surface area (Å²) in [6.07, 6.45) is 0. The number of methoxy groups -OCH3 is 1. The fourth-order valence-electron chi connectivity index (χ4n) is 3.10. The van der Waals surface area contributed by atoms with Gasteiger partial charge in [-0.25, -0.2) is 0 Å². The lowest BCUT2D eigenvalue weighted by atomic mass is 10.1. The smallest absolute Gasteiger partial charge is 0.253 e. The van der Waals surface area contributed by atoms with Crippen LogP contribution in [0.5, 0.6) is 5.75 Å². The van der Waals surface area contributed by atoms with Crippen molar-refractivity contribution in [1.82, 2.24) is 4.47 Å². The van der Waals surface area contributed by atoms with Crippen LogP contribution in [0.1, 0.15) is 18.5 Å². The summed E-state index contributed by atoms with van der Waals surface area (Å²) < 4.78 is 6.81. The number of benzene rings is 2. The maximum absolute atomic E-state index is 12.3. The van der Waals surface area contributed by atoms with E-state index in [1.807, 2.05) is 37.3 Å². The second-order valence-corrected chi connectivity index (χ2v) is 8.20. The summed E-state index contributed by atoms with van der Waals surface area (Å²) in [6, 6.07) is 12.2. The monoisotopic (exact) mass is 477 g/mol. The number of ether oxygens (including phenoxy) is 1. The van der Waals surface area contributed by atoms with Crippen molar-refractivity contribution in [1.29, 1.82) is 0 Å². The average Bonchev–Trinajstić information content (AvgIpc) is 2.82. The standard InChI is InChI=1S/C22H24ClN3O5S/c1-4-26(31-3)32-22-14(23)10-11-15(19(22)27)24-17-18(21(29)20(17)28)25-16(12-30-2)13-8-6-5-7-9-13/h5-11,16,24-25,27H,4,12H2,1-3H3/t16-/m1/s1. The van der Waals surface area contributed by atoms with E-state index in [4.69, 9.17) is 21.2 Å². The summed E-state index contributed by atoms with van der Waals surface area (Å²) in [5.74, 6) is -0.159. The highest BCUT2D eigenvalue weighted by atomic mass is 35.5. The summed E-state index contributed by atoms with van der Waals surface area (Å²) in [5, 5.41) is 17.0. The maximum atomic E-state index is 12.3. The minimum absolute atomic E-state index is 0.0692. The molecular formula is C22H24ClN3O5S. The molecule has 3 aromatic carbocycles. The molecule has 0 aliphatic heterocycles. The van der Waals surface area contributed by atoms with Crippen molar-refractivity contribution in [2.24, 2.45) is 0 Å². The number of hydrogen-bond acceptors (Lipinski definition) is 9. The molecule has 0 heterocycles. The lowest BCUT2D eigenvalue weighted by Crippen LogP contribution is -2.38. The number of nitrogens with zero attached hydrogens (tertiary/aromatic N) is 1. The summed E-state index contributed by atoms with van der Waals surface area (Å²) in [5.41, 5.74) is 0.0375. The SMILES string of the molecule is CCN(OC)Sc1c(Cl)ccc(Nc2c(N[C@H](COC)c3ccccc3)c(=O)c2=O)c1O. The van der Waals surface area contributed by atoms with E-state index < -0.39 is 10.9 Å². The molecule has 0 fully saturated rings. The Bertz CT molecular complexity index is 1130. The summed E-state index contributed by atoms with van der Waals surface area (Å²) >= 11 is 7.36. The number of phenols is 1. The van der Waals surface area contributed by atoms with Gasteiger partial charge in [0, 0.05) is 13.7 Å². The molecule has 0 spiro atoms. The second kappa shape index (κ2) is 10.8. The number of halogens is 1. The molecule has 0 amide bonds. The molecule has 32 heavy (non-hydrogen) atoms. The van der Waals surface area contributed by atoms with Crippen LogP contribution in [0.2, 0.25) is 5.02 Å². The summed E-state index contributed by atoms with van der Waals surface area (Å²) in [7, 11) is 3.07. The van der Waals surface area contributed by atoms with Gasteiger partial charge in [0.25, 0.3) is 10.9 Å². The van der Waals surface area contributed by atoms with Gasteiger partial charge in [-0.15, -0.1) is 4.47 Å². The van der Waals surface area contributed by atoms with E-state index in [1.165, 1.54) is 17.6 Å². The Morgan fingerprint density at radius 1 is 1.09 bits per heavy atom. The molecule has 10 heteroatoms. The van der Waals surface area contributed by atoms with Crippen LogP contribution in [-0.2, 0) is 9.57 Å². The Kier molecular flexibility index (Phi) is 8.16. The molecule has 3 aromatic rings. The van der Waals surface area contributed by atoms with E-state index in [2.05, 4.69) is 10.6 Å². The number of rotatable bonds is 11. The Morgan fingerprint density at radius 3 is 2.41 bits per heavy atom. The van der Waals surface area contributed by atoms with Crippen LogP contribution in [0.4, 0.5) is 17.1 Å². The summed E-state index contributed by atoms with van der Waals surface area (Å²) in [6.45, 7) is 2.72. The first-order valence-corrected chi connectivity index (χ1v) is 11.0. The van der Waals surface area contributed by atoms with E-state index >= 15 is 0 Å². The zero-order valence-corrected chi connectivity index (χ0v) is 19.4. The van der Waals surface area contributed by atoms with Crippen LogP contribution in [0.25, 0.3) is 0 Å². The predicted octanol–water partition coefficient (Wildman–Crippen LogP) is 4.08. The largest absolute Gasteiger partial charge is 0.505 e. The first-order chi connectivity index (χ1) is 15.4. The molecule has 0 bridgehead atoms. The van der Waals surface area contributed by atoms with Crippen LogP contribution in [0.3, 0.4) is 0 Å². The molecule has 0 aliphatic rings. The third-order valence-corrected chi connectivity index (χ3v) is 6.40. The van der Waals surface area contributed by atoms with Gasteiger partial charge < -0.3 is 20.5 Å². The van der Waals surface area contributed by atoms with Gasteiger partial charge in [0.1, 0.15) is 11.4 Å². The molecule has 0 aromatic heterocycles. The maximum Gasteiger partial charge on any atom is 0.253 e. The summed E-state index contributed by atoms with van der Waals surface area (Å²) in [4.78, 5) is 30.2. The first-order valence-electron chi connectivity index (χ1n) is 9.83. The van der Waals surface area contributed by atoms with Crippen LogP contribution in [0.15, 0.2) is 56.9 Å². The Morgan fingerprint density at radius 2 is 1.78 bits per heavy atom. The highest BCUT2D eigenvalue weighted by Gasteiger charge is 2.26. The number of hydroxylamine groups is 1. The highest BCUT2D eigenvalue weighted by Crippen LogP contribution is 2.43. The average molecular weight is 478 g/mol. The molecule has 0 saturated heterocycles. The van der Waals surface area contributed by atoms with Crippen molar-refractivity contribution >= 4 is 40.6 Å². The fourth-order valence-corrected chi connectivity index (χ4v) is 4.11. The first kappa shape index (κ1) is 24.1. The third-order valence-electron chi connectivity index (χ3n) is 4.76. The number of hydrogen-bond donors (Lipinski definition) is 3. The molecule has 170 valence electrons. The van der Waals surface area contributed by atoms with Crippen LogP contribution in [-0.4, -0.2) is 36.9 Å². The van der Waals surface area contributed by atoms with Gasteiger partial charge in [0.05, 0.1) is 35.4 Å². The lowest BCUT2D eigenvalue weighted by molar-refractivity contribution is -0.0333. The number of nitrogens with one attached hydrogen (secondary N) is 2. The van der Waals surface area contributed by atoms with Gasteiger partial charge in [-0.05, 0) is 36.6 Å². The Labute approximate surface area is 194 Å². The zero-order valence-electron chi connectivity index (χ0n) is 17.8. The number of aromatic hydroxyl groups is 1. The van der Waals surface area contributed by atoms with Crippen molar-refractivity contribution in [3.05, 3.63) is 73.5 Å². The van der Waals surface area contributed by atoms with Gasteiger partial charge in [0.2, 0.25) is 0 Å². The lowest BCUT2D eigenvalue weighted by Gasteiger charge is -2.23. The Balaban J connectivity index is 1.89. The quantitative estimate of drug-likeness (QED) is 0.163. The van der Waals surface area contributed by atoms with Gasteiger partial charge >= 0.3 is 0 Å². The fraction of sp³-hybridized carbons (Fsp3) is 0.273. The molecule has 0 aliphatic carbocycles. The van der Waals surface area contributed by atoms with E-state index in [0.717, 1.165) is 17.5 Å². The van der Waals surface area contributed by atoms with Gasteiger partial charge in [-0.2, -0.15) is 0 Å². The predicted molar refractivity (Wildman–Crippen MR) is 128 cm³/mol. The van der Waals surface area contributed by atoms with Gasteiger partial charge in [0.15, 0.2) is 5.75 Å². The van der Waals surface area contributed by atoms with E-state index in [0.29, 0.717) is 23.1 Å². The number of anilines is 3. The number of phenolic OH excluding ortho intramolecular Hbond substituents is 1. The molecule has 0 unspecified atom stereocenters. The normalized spacial score (nSPS) is 12.3. The van der Waals surface area contributed by atoms with E-state index in [-0.39, 0.29) is 28.9 Å². The minimum atomic E-state index is -0.674. The van der Waals surface area contributed by atoms with Crippen LogP contribution in [0, 0.1) is 0 Å². The van der Waals surface area contributed by atoms with Crippen LogP contribution >= 0.6 is 23.5 Å². The van der Waals surface area contributed by atoms with Crippen molar-refractivity contribution in [2.75, 3.05) is 38.0 Å². The topological polar surface area (TPSA) is 100 Å². The zero-order chi connectivity index (χ0) is 23.3. The molecule has 0 radical (unpaired) electrons. The molecule has 3 rings (SSSR count). The van der Waals surface area contributed by atoms with Gasteiger partial charge in [-0.1, -0.05) is 41.9 Å². The molecular weight excluding hydrogens is 454 g/mol. The Hall–Kier alpha value is -2.56. The van der Waals surface area contributed by atoms with E-state index in [1.54, 1.807) is 13.2 Å². The minimum Gasteiger partial charge on any atom is -0.505 e. The van der Waals surface area contributed by atoms with Crippen molar-refractivity contribution in [3.63, 3.8) is 0 Å². The highest BCUT2D eigenvalue weighted by molar-refractivity contribution is 7.97. The third kappa shape index (κ3) is 5.08. The van der Waals surface area contributed by atoms with Crippen LogP contribution < -0.4 is 21.5 Å². The second-order valence-electron chi connectivity index (χ2n) is 6.79. The molecule has 3 N–H and O–H groups in total. The molecule has 1 atom stereocenters.